The number of nitrogens with zero attached hydrogens (tertiary/aromatic N) is 1. The number of aliphatic hydroxyl groups is 1. The lowest BCUT2D eigenvalue weighted by Crippen LogP contribution is -2.66. The Bertz CT molecular complexity index is 397. The molecule has 0 aromatic heterocycles. The van der Waals surface area contributed by atoms with E-state index in [2.05, 4.69) is 11.8 Å². The first-order valence-corrected chi connectivity index (χ1v) is 9.32. The lowest BCUT2D eigenvalue weighted by molar-refractivity contribution is -0.265. The van der Waals surface area contributed by atoms with Crippen molar-refractivity contribution >= 4 is 0 Å². The van der Waals surface area contributed by atoms with Crippen LogP contribution in [0.4, 0.5) is 0 Å². The van der Waals surface area contributed by atoms with Gasteiger partial charge in [-0.2, -0.15) is 0 Å². The third-order valence-corrected chi connectivity index (χ3v) is 6.31. The first-order valence-electron chi connectivity index (χ1n) is 9.32. The van der Waals surface area contributed by atoms with Gasteiger partial charge in [-0.3, -0.25) is 4.90 Å². The summed E-state index contributed by atoms with van der Waals surface area (Å²) < 4.78 is 17.6. The van der Waals surface area contributed by atoms with Gasteiger partial charge in [0.15, 0.2) is 0 Å². The van der Waals surface area contributed by atoms with E-state index in [0.29, 0.717) is 23.0 Å². The van der Waals surface area contributed by atoms with Crippen molar-refractivity contribution in [3.05, 3.63) is 0 Å². The van der Waals surface area contributed by atoms with Crippen molar-refractivity contribution in [3.63, 3.8) is 0 Å². The van der Waals surface area contributed by atoms with Gasteiger partial charge in [0, 0.05) is 13.1 Å². The van der Waals surface area contributed by atoms with E-state index in [1.165, 1.54) is 19.3 Å². The van der Waals surface area contributed by atoms with Crippen molar-refractivity contribution in [1.82, 2.24) is 4.90 Å². The lowest BCUT2D eigenvalue weighted by atomic mass is 9.35. The standard InChI is InChI=1S/C18H31NO4/c1-2-19-7-16(8-19)22-4-3-21-12-17-9-18(10-17,11-17)13-23-15-5-14(20)6-15/h14-16,20H,2-13H2,1H3. The summed E-state index contributed by atoms with van der Waals surface area (Å²) in [6.45, 7) is 8.74. The van der Waals surface area contributed by atoms with Gasteiger partial charge in [-0.15, -0.1) is 0 Å². The average molecular weight is 325 g/mol. The molecule has 4 aliphatic carbocycles. The largest absolute Gasteiger partial charge is 0.393 e. The summed E-state index contributed by atoms with van der Waals surface area (Å²) in [6, 6.07) is 0. The van der Waals surface area contributed by atoms with E-state index in [1.54, 1.807) is 0 Å². The van der Waals surface area contributed by atoms with Crippen LogP contribution in [-0.4, -0.2) is 74.4 Å². The van der Waals surface area contributed by atoms with Crippen LogP contribution in [0, 0.1) is 10.8 Å². The van der Waals surface area contributed by atoms with Crippen LogP contribution in [0.1, 0.15) is 39.0 Å². The maximum absolute atomic E-state index is 9.28. The zero-order valence-electron chi connectivity index (χ0n) is 14.3. The first kappa shape index (κ1) is 16.3. The summed E-state index contributed by atoms with van der Waals surface area (Å²) in [5.41, 5.74) is 0.911. The Balaban J connectivity index is 1.01. The molecule has 1 heterocycles. The van der Waals surface area contributed by atoms with Crippen LogP contribution in [0.5, 0.6) is 0 Å². The van der Waals surface area contributed by atoms with Crippen molar-refractivity contribution in [1.29, 1.82) is 0 Å². The number of hydrogen-bond donors (Lipinski definition) is 1. The summed E-state index contributed by atoms with van der Waals surface area (Å²) in [7, 11) is 0. The Hall–Kier alpha value is -0.200. The van der Waals surface area contributed by atoms with Crippen LogP contribution in [-0.2, 0) is 14.2 Å². The fourth-order valence-corrected chi connectivity index (χ4v) is 4.95. The normalized spacial score (nSPS) is 42.5. The van der Waals surface area contributed by atoms with Gasteiger partial charge >= 0.3 is 0 Å². The van der Waals surface area contributed by atoms with Crippen LogP contribution in [0.3, 0.4) is 0 Å². The minimum absolute atomic E-state index is 0.111. The van der Waals surface area contributed by atoms with Crippen molar-refractivity contribution in [2.45, 2.75) is 57.3 Å². The molecule has 23 heavy (non-hydrogen) atoms. The van der Waals surface area contributed by atoms with Gasteiger partial charge in [-0.1, -0.05) is 6.92 Å². The number of aliphatic hydroxyl groups excluding tert-OH is 1. The van der Waals surface area contributed by atoms with Crippen LogP contribution in [0.15, 0.2) is 0 Å². The van der Waals surface area contributed by atoms with Gasteiger partial charge in [0.2, 0.25) is 0 Å². The summed E-state index contributed by atoms with van der Waals surface area (Å²) in [6.07, 6.45) is 6.11. The minimum Gasteiger partial charge on any atom is -0.393 e. The van der Waals surface area contributed by atoms with Crippen molar-refractivity contribution in [3.8, 4) is 0 Å². The summed E-state index contributed by atoms with van der Waals surface area (Å²) in [5, 5.41) is 9.28. The molecule has 1 N–H and O–H groups in total. The molecule has 5 heteroatoms. The quantitative estimate of drug-likeness (QED) is 0.616. The van der Waals surface area contributed by atoms with Gasteiger partial charge in [0.25, 0.3) is 0 Å². The lowest BCUT2D eigenvalue weighted by Gasteiger charge is -2.70. The fourth-order valence-electron chi connectivity index (χ4n) is 4.95. The van der Waals surface area contributed by atoms with E-state index in [9.17, 15) is 5.11 Å². The van der Waals surface area contributed by atoms with E-state index < -0.39 is 0 Å². The predicted octanol–water partition coefficient (Wildman–Crippen LogP) is 1.43. The second kappa shape index (κ2) is 6.26. The molecule has 1 aliphatic heterocycles. The van der Waals surface area contributed by atoms with Gasteiger partial charge in [0.1, 0.15) is 0 Å². The van der Waals surface area contributed by atoms with E-state index in [1.807, 2.05) is 0 Å². The van der Waals surface area contributed by atoms with Crippen molar-refractivity contribution < 1.29 is 19.3 Å². The van der Waals surface area contributed by atoms with Crippen molar-refractivity contribution in [2.75, 3.05) is 46.1 Å². The Morgan fingerprint density at radius 1 is 0.957 bits per heavy atom. The van der Waals surface area contributed by atoms with Gasteiger partial charge in [-0.25, -0.2) is 0 Å². The second-order valence-electron chi connectivity index (χ2n) is 8.49. The highest BCUT2D eigenvalue weighted by Crippen LogP contribution is 2.73. The van der Waals surface area contributed by atoms with Crippen LogP contribution < -0.4 is 0 Å². The maximum atomic E-state index is 9.28. The second-order valence-corrected chi connectivity index (χ2v) is 8.49. The number of likely N-dealkylation sites (N-methyl/N-ethyl adjacent to an activating group) is 1. The van der Waals surface area contributed by atoms with E-state index in [0.717, 1.165) is 58.9 Å². The molecule has 0 aromatic rings. The van der Waals surface area contributed by atoms with Gasteiger partial charge in [-0.05, 0) is 49.5 Å². The molecule has 5 rings (SSSR count). The number of ether oxygens (including phenoxy) is 3. The monoisotopic (exact) mass is 325 g/mol. The number of hydrogen-bond acceptors (Lipinski definition) is 5. The molecule has 2 bridgehead atoms. The molecule has 0 atom stereocenters. The Labute approximate surface area is 139 Å². The molecule has 0 spiro atoms. The van der Waals surface area contributed by atoms with E-state index in [4.69, 9.17) is 14.2 Å². The Morgan fingerprint density at radius 2 is 1.65 bits per heavy atom. The smallest absolute Gasteiger partial charge is 0.0829 e. The highest BCUT2D eigenvalue weighted by atomic mass is 16.5. The summed E-state index contributed by atoms with van der Waals surface area (Å²) in [5.74, 6) is 0. The SMILES string of the molecule is CCN1CC(OCCOCC23CC(COC4CC(O)C4)(C2)C3)C1. The molecule has 0 unspecified atom stereocenters. The molecule has 5 nitrogen and oxygen atoms in total. The first-order chi connectivity index (χ1) is 11.1. The van der Waals surface area contributed by atoms with Gasteiger partial charge < -0.3 is 19.3 Å². The van der Waals surface area contributed by atoms with E-state index >= 15 is 0 Å². The molecular formula is C18H31NO4. The third kappa shape index (κ3) is 3.31. The summed E-state index contributed by atoms with van der Waals surface area (Å²) >= 11 is 0. The predicted molar refractivity (Wildman–Crippen MR) is 86.4 cm³/mol. The zero-order valence-corrected chi connectivity index (χ0v) is 14.3. The maximum Gasteiger partial charge on any atom is 0.0829 e. The average Bonchev–Trinajstić information content (AvgIpc) is 2.37. The molecule has 4 saturated carbocycles. The van der Waals surface area contributed by atoms with Crippen molar-refractivity contribution in [2.24, 2.45) is 10.8 Å². The molecule has 1 saturated heterocycles. The number of rotatable bonds is 10. The van der Waals surface area contributed by atoms with E-state index in [-0.39, 0.29) is 6.10 Å². The minimum atomic E-state index is -0.111. The third-order valence-electron chi connectivity index (χ3n) is 6.31. The number of likely N-dealkylation sites (tertiary alicyclic amines) is 1. The molecule has 0 radical (unpaired) electrons. The fraction of sp³-hybridized carbons (Fsp3) is 1.00. The molecule has 0 amide bonds. The van der Waals surface area contributed by atoms with Crippen LogP contribution >= 0.6 is 0 Å². The zero-order chi connectivity index (χ0) is 15.9. The molecule has 0 aromatic carbocycles. The Kier molecular flexibility index (Phi) is 4.43. The van der Waals surface area contributed by atoms with Gasteiger partial charge in [0.05, 0.1) is 44.7 Å². The van der Waals surface area contributed by atoms with Crippen LogP contribution in [0.2, 0.25) is 0 Å². The highest BCUT2D eigenvalue weighted by molar-refractivity contribution is 5.17. The summed E-state index contributed by atoms with van der Waals surface area (Å²) in [4.78, 5) is 2.39. The molecule has 132 valence electrons. The Morgan fingerprint density at radius 3 is 2.30 bits per heavy atom. The molecule has 5 fully saturated rings. The van der Waals surface area contributed by atoms with Crippen LogP contribution in [0.25, 0.3) is 0 Å². The highest BCUT2D eigenvalue weighted by Gasteiger charge is 2.67. The molecular weight excluding hydrogens is 294 g/mol. The molecule has 5 aliphatic rings. The topological polar surface area (TPSA) is 51.2 Å².